The van der Waals surface area contributed by atoms with Crippen LogP contribution in [0.25, 0.3) is 0 Å². The molecule has 0 amide bonds. The number of nitriles is 1. The van der Waals surface area contributed by atoms with Crippen LogP contribution in [0.5, 0.6) is 11.5 Å². The van der Waals surface area contributed by atoms with Crippen molar-refractivity contribution in [3.63, 3.8) is 0 Å². The van der Waals surface area contributed by atoms with Crippen molar-refractivity contribution < 1.29 is 19.4 Å². The van der Waals surface area contributed by atoms with Crippen molar-refractivity contribution in [2.75, 3.05) is 12.9 Å². The molecule has 0 aliphatic heterocycles. The molecule has 9 heteroatoms. The molecule has 2 aromatic carbocycles. The SMILES string of the molecule is CSc1nccc(COc2ccc(C(C)(C)c3cc(Cl)c(OCCC(C)C(=O)O)c(C#N)c3)cc2)n1. The first-order valence-corrected chi connectivity index (χ1v) is 12.9. The normalized spacial score (nSPS) is 12.0. The first kappa shape index (κ1) is 27.3. The van der Waals surface area contributed by atoms with E-state index in [0.717, 1.165) is 16.8 Å². The van der Waals surface area contributed by atoms with Crippen molar-refractivity contribution in [3.05, 3.63) is 76.1 Å². The van der Waals surface area contributed by atoms with E-state index in [1.165, 1.54) is 11.8 Å². The number of rotatable bonds is 11. The van der Waals surface area contributed by atoms with Gasteiger partial charge in [-0.1, -0.05) is 56.3 Å². The van der Waals surface area contributed by atoms with Gasteiger partial charge in [0.15, 0.2) is 10.9 Å². The Balaban J connectivity index is 1.74. The molecular formula is C27H28ClN3O4S. The zero-order valence-electron chi connectivity index (χ0n) is 20.6. The van der Waals surface area contributed by atoms with Gasteiger partial charge in [0.25, 0.3) is 0 Å². The Kier molecular flexibility index (Phi) is 9.19. The molecule has 0 spiro atoms. The minimum absolute atomic E-state index is 0.152. The summed E-state index contributed by atoms with van der Waals surface area (Å²) >= 11 is 7.99. The molecule has 0 aliphatic rings. The van der Waals surface area contributed by atoms with Gasteiger partial charge < -0.3 is 14.6 Å². The third kappa shape index (κ3) is 6.68. The molecule has 0 saturated carbocycles. The Morgan fingerprint density at radius 3 is 2.56 bits per heavy atom. The number of benzene rings is 2. The summed E-state index contributed by atoms with van der Waals surface area (Å²) in [5.41, 5.74) is 2.53. The Bertz CT molecular complexity index is 1260. The van der Waals surface area contributed by atoms with Gasteiger partial charge in [0.2, 0.25) is 0 Å². The molecule has 3 aromatic rings. The first-order chi connectivity index (χ1) is 17.1. The minimum Gasteiger partial charge on any atom is -0.491 e. The van der Waals surface area contributed by atoms with Crippen LogP contribution in [0.2, 0.25) is 5.02 Å². The molecule has 7 nitrogen and oxygen atoms in total. The van der Waals surface area contributed by atoms with Gasteiger partial charge in [-0.3, -0.25) is 4.79 Å². The van der Waals surface area contributed by atoms with Crippen molar-refractivity contribution in [2.45, 2.75) is 44.4 Å². The summed E-state index contributed by atoms with van der Waals surface area (Å²) in [7, 11) is 0. The molecule has 1 heterocycles. The average molecular weight is 526 g/mol. The number of nitrogens with zero attached hydrogens (tertiary/aromatic N) is 3. The van der Waals surface area contributed by atoms with Crippen LogP contribution in [0.1, 0.15) is 49.6 Å². The van der Waals surface area contributed by atoms with E-state index in [2.05, 4.69) is 29.9 Å². The van der Waals surface area contributed by atoms with Gasteiger partial charge in [-0.2, -0.15) is 5.26 Å². The van der Waals surface area contributed by atoms with Gasteiger partial charge in [-0.05, 0) is 54.1 Å². The van der Waals surface area contributed by atoms with Crippen LogP contribution in [-0.4, -0.2) is 33.9 Å². The predicted molar refractivity (Wildman–Crippen MR) is 140 cm³/mol. The number of aliphatic carboxylic acids is 1. The summed E-state index contributed by atoms with van der Waals surface area (Å²) in [6.45, 7) is 6.20. The summed E-state index contributed by atoms with van der Waals surface area (Å²) in [6, 6.07) is 15.3. The van der Waals surface area contributed by atoms with Crippen LogP contribution in [-0.2, 0) is 16.8 Å². The highest BCUT2D eigenvalue weighted by Gasteiger charge is 2.26. The van der Waals surface area contributed by atoms with Crippen LogP contribution in [0.15, 0.2) is 53.8 Å². The summed E-state index contributed by atoms with van der Waals surface area (Å²) in [6.07, 6.45) is 3.96. The highest BCUT2D eigenvalue weighted by Crippen LogP contribution is 2.38. The number of hydrogen-bond donors (Lipinski definition) is 1. The molecule has 0 bridgehead atoms. The third-order valence-corrected chi connectivity index (χ3v) is 6.78. The number of carboxylic acid groups (broad SMARTS) is 1. The van der Waals surface area contributed by atoms with Crippen molar-refractivity contribution in [1.29, 1.82) is 5.26 Å². The number of carbonyl (C=O) groups is 1. The lowest BCUT2D eigenvalue weighted by atomic mass is 9.77. The lowest BCUT2D eigenvalue weighted by molar-refractivity contribution is -0.141. The topological polar surface area (TPSA) is 105 Å². The smallest absolute Gasteiger partial charge is 0.306 e. The summed E-state index contributed by atoms with van der Waals surface area (Å²) in [5.74, 6) is -0.450. The molecule has 3 rings (SSSR count). The Morgan fingerprint density at radius 1 is 1.19 bits per heavy atom. The maximum Gasteiger partial charge on any atom is 0.306 e. The molecule has 0 saturated heterocycles. The molecule has 1 unspecified atom stereocenters. The van der Waals surface area contributed by atoms with Crippen molar-refractivity contribution >= 4 is 29.3 Å². The van der Waals surface area contributed by atoms with E-state index in [-0.39, 0.29) is 12.4 Å². The molecule has 188 valence electrons. The first-order valence-electron chi connectivity index (χ1n) is 11.3. The number of hydrogen-bond acceptors (Lipinski definition) is 7. The zero-order chi connectivity index (χ0) is 26.3. The zero-order valence-corrected chi connectivity index (χ0v) is 22.2. The maximum absolute atomic E-state index is 11.0. The number of ether oxygens (including phenoxy) is 2. The molecule has 1 N–H and O–H groups in total. The summed E-state index contributed by atoms with van der Waals surface area (Å²) < 4.78 is 11.6. The van der Waals surface area contributed by atoms with Crippen LogP contribution in [0.4, 0.5) is 0 Å². The van der Waals surface area contributed by atoms with Crippen LogP contribution in [0, 0.1) is 17.2 Å². The number of halogens is 1. The quantitative estimate of drug-likeness (QED) is 0.236. The van der Waals surface area contributed by atoms with Gasteiger partial charge in [-0.25, -0.2) is 9.97 Å². The van der Waals surface area contributed by atoms with E-state index < -0.39 is 17.3 Å². The second kappa shape index (κ2) is 12.1. The van der Waals surface area contributed by atoms with E-state index in [1.54, 1.807) is 25.3 Å². The van der Waals surface area contributed by atoms with E-state index in [1.807, 2.05) is 36.6 Å². The predicted octanol–water partition coefficient (Wildman–Crippen LogP) is 6.12. The Hall–Kier alpha value is -3.28. The molecule has 0 radical (unpaired) electrons. The van der Waals surface area contributed by atoms with E-state index in [4.69, 9.17) is 26.2 Å². The standard InChI is InChI=1S/C27H28ClN3O4S/c1-17(25(32)33)10-12-34-24-18(15-29)13-20(14-23(24)28)27(2,3)19-5-7-22(8-6-19)35-16-21-9-11-30-26(31-21)36-4/h5-9,11,13-14,17H,10,12,16H2,1-4H3,(H,32,33). The van der Waals surface area contributed by atoms with Gasteiger partial charge in [0.1, 0.15) is 18.4 Å². The van der Waals surface area contributed by atoms with Crippen molar-refractivity contribution in [1.82, 2.24) is 9.97 Å². The molecule has 1 atom stereocenters. The fraction of sp³-hybridized carbons (Fsp3) is 0.333. The lowest BCUT2D eigenvalue weighted by Gasteiger charge is -2.27. The molecule has 0 fully saturated rings. The Labute approximate surface area is 220 Å². The monoisotopic (exact) mass is 525 g/mol. The fourth-order valence-electron chi connectivity index (χ4n) is 3.49. The number of thioether (sulfide) groups is 1. The molecule has 36 heavy (non-hydrogen) atoms. The maximum atomic E-state index is 11.0. The summed E-state index contributed by atoms with van der Waals surface area (Å²) in [4.78, 5) is 19.6. The lowest BCUT2D eigenvalue weighted by Crippen LogP contribution is -2.19. The van der Waals surface area contributed by atoms with E-state index in [9.17, 15) is 10.1 Å². The second-order valence-electron chi connectivity index (χ2n) is 8.80. The second-order valence-corrected chi connectivity index (χ2v) is 9.98. The molecule has 1 aromatic heterocycles. The Morgan fingerprint density at radius 2 is 1.92 bits per heavy atom. The minimum atomic E-state index is -0.891. The van der Waals surface area contributed by atoms with Gasteiger partial charge in [-0.15, -0.1) is 0 Å². The van der Waals surface area contributed by atoms with Crippen molar-refractivity contribution in [2.24, 2.45) is 5.92 Å². The van der Waals surface area contributed by atoms with Crippen molar-refractivity contribution in [3.8, 4) is 17.6 Å². The number of carboxylic acids is 1. The largest absolute Gasteiger partial charge is 0.491 e. The summed E-state index contributed by atoms with van der Waals surface area (Å²) in [5, 5.41) is 19.8. The van der Waals surface area contributed by atoms with Crippen LogP contribution >= 0.6 is 23.4 Å². The third-order valence-electron chi connectivity index (χ3n) is 5.94. The molecule has 0 aliphatic carbocycles. The highest BCUT2D eigenvalue weighted by atomic mass is 35.5. The molecular weight excluding hydrogens is 498 g/mol. The number of aromatic nitrogens is 2. The van der Waals surface area contributed by atoms with E-state index >= 15 is 0 Å². The van der Waals surface area contributed by atoms with Crippen LogP contribution < -0.4 is 9.47 Å². The van der Waals surface area contributed by atoms with Gasteiger partial charge in [0.05, 0.1) is 28.8 Å². The van der Waals surface area contributed by atoms with Gasteiger partial charge >= 0.3 is 5.97 Å². The van der Waals surface area contributed by atoms with Crippen LogP contribution in [0.3, 0.4) is 0 Å². The fourth-order valence-corrected chi connectivity index (χ4v) is 4.14. The van der Waals surface area contributed by atoms with E-state index in [0.29, 0.717) is 34.5 Å². The highest BCUT2D eigenvalue weighted by molar-refractivity contribution is 7.98. The average Bonchev–Trinajstić information content (AvgIpc) is 2.88. The van der Waals surface area contributed by atoms with Gasteiger partial charge in [0, 0.05) is 11.6 Å².